The molecular weight excluding hydrogens is 268 g/mol. The summed E-state index contributed by atoms with van der Waals surface area (Å²) in [6, 6.07) is 3.49. The Morgan fingerprint density at radius 2 is 2.32 bits per heavy atom. The first-order valence-electron chi connectivity index (χ1n) is 5.31. The van der Waals surface area contributed by atoms with E-state index in [0.29, 0.717) is 27.6 Å². The van der Waals surface area contributed by atoms with Gasteiger partial charge in [-0.25, -0.2) is 4.98 Å². The van der Waals surface area contributed by atoms with Crippen molar-refractivity contribution < 1.29 is 4.42 Å². The molecular formula is C10H6N6O2S. The fourth-order valence-electron chi connectivity index (χ4n) is 1.84. The zero-order chi connectivity index (χ0) is 13.0. The molecule has 4 heterocycles. The minimum absolute atomic E-state index is 0.154. The Morgan fingerprint density at radius 3 is 3.11 bits per heavy atom. The Bertz CT molecular complexity index is 948. The number of hydrogen-bond acceptors (Lipinski definition) is 7. The van der Waals surface area contributed by atoms with Crippen LogP contribution in [-0.4, -0.2) is 24.6 Å². The second-order valence-corrected chi connectivity index (χ2v) is 4.79. The largest absolute Gasteiger partial charge is 0.461 e. The lowest BCUT2D eigenvalue weighted by atomic mass is 10.4. The Kier molecular flexibility index (Phi) is 1.85. The molecule has 0 aliphatic rings. The average Bonchev–Trinajstić information content (AvgIpc) is 3.03. The fraction of sp³-hybridized carbons (Fsp3) is 0. The van der Waals surface area contributed by atoms with Crippen LogP contribution in [0.15, 0.2) is 27.6 Å². The first-order valence-corrected chi connectivity index (χ1v) is 6.13. The van der Waals surface area contributed by atoms with Crippen molar-refractivity contribution in [3.05, 3.63) is 28.1 Å². The molecule has 0 atom stereocenters. The Labute approximate surface area is 108 Å². The van der Waals surface area contributed by atoms with Gasteiger partial charge in [-0.1, -0.05) is 11.3 Å². The van der Waals surface area contributed by atoms with Gasteiger partial charge >= 0.3 is 4.87 Å². The number of nitrogens with one attached hydrogen (secondary N) is 1. The van der Waals surface area contributed by atoms with E-state index in [1.165, 1.54) is 10.8 Å². The van der Waals surface area contributed by atoms with Crippen molar-refractivity contribution in [3.8, 4) is 11.6 Å². The van der Waals surface area contributed by atoms with E-state index in [2.05, 4.69) is 20.1 Å². The molecule has 19 heavy (non-hydrogen) atoms. The topological polar surface area (TPSA) is 115 Å². The molecule has 94 valence electrons. The minimum Gasteiger partial charge on any atom is -0.461 e. The molecule has 0 amide bonds. The van der Waals surface area contributed by atoms with E-state index in [-0.39, 0.29) is 10.8 Å². The zero-order valence-electron chi connectivity index (χ0n) is 9.32. The highest BCUT2D eigenvalue weighted by Crippen LogP contribution is 2.23. The Hall–Kier alpha value is -2.68. The molecule has 0 unspecified atom stereocenters. The molecule has 8 nitrogen and oxygen atoms in total. The molecule has 0 aliphatic heterocycles. The summed E-state index contributed by atoms with van der Waals surface area (Å²) in [5.74, 6) is 1.08. The van der Waals surface area contributed by atoms with Gasteiger partial charge < -0.3 is 10.2 Å². The van der Waals surface area contributed by atoms with E-state index < -0.39 is 0 Å². The summed E-state index contributed by atoms with van der Waals surface area (Å²) in [6.45, 7) is 0. The van der Waals surface area contributed by atoms with Gasteiger partial charge in [-0.05, 0) is 12.1 Å². The van der Waals surface area contributed by atoms with Crippen molar-refractivity contribution in [2.24, 2.45) is 0 Å². The standard InChI is InChI=1S/C10H6N6O2S/c11-9-13-7-5(19-10(17)14-7)8-12-6(15-16(8)9)4-2-1-3-18-4/h1-3H,(H2,11,13)(H,14,17). The third-order valence-corrected chi connectivity index (χ3v) is 3.49. The van der Waals surface area contributed by atoms with Crippen molar-refractivity contribution in [1.82, 2.24) is 24.6 Å². The lowest BCUT2D eigenvalue weighted by Crippen LogP contribution is -2.02. The predicted molar refractivity (Wildman–Crippen MR) is 68.9 cm³/mol. The number of H-pyrrole nitrogens is 1. The van der Waals surface area contributed by atoms with Gasteiger partial charge in [-0.3, -0.25) is 9.78 Å². The van der Waals surface area contributed by atoms with Gasteiger partial charge in [0.25, 0.3) is 0 Å². The SMILES string of the molecule is Nc1nc2[nH]c(=O)sc2c2nc(-c3ccco3)nn12. The molecule has 0 bridgehead atoms. The van der Waals surface area contributed by atoms with E-state index in [1.807, 2.05) is 0 Å². The van der Waals surface area contributed by atoms with Gasteiger partial charge in [0.15, 0.2) is 17.1 Å². The maximum absolute atomic E-state index is 11.4. The zero-order valence-corrected chi connectivity index (χ0v) is 10.1. The molecule has 4 aromatic heterocycles. The van der Waals surface area contributed by atoms with Crippen LogP contribution in [0.3, 0.4) is 0 Å². The number of nitrogen functional groups attached to an aromatic ring is 1. The molecule has 4 rings (SSSR count). The van der Waals surface area contributed by atoms with Crippen LogP contribution in [0, 0.1) is 0 Å². The Balaban J connectivity index is 2.14. The summed E-state index contributed by atoms with van der Waals surface area (Å²) in [4.78, 5) is 22.2. The van der Waals surface area contributed by atoms with Crippen molar-refractivity contribution in [2.45, 2.75) is 0 Å². The first-order chi connectivity index (χ1) is 9.22. The summed E-state index contributed by atoms with van der Waals surface area (Å²) >= 11 is 1.02. The van der Waals surface area contributed by atoms with E-state index in [4.69, 9.17) is 10.2 Å². The van der Waals surface area contributed by atoms with Crippen LogP contribution in [0.5, 0.6) is 0 Å². The van der Waals surface area contributed by atoms with Crippen LogP contribution in [0.4, 0.5) is 5.95 Å². The average molecular weight is 274 g/mol. The number of nitrogens with two attached hydrogens (primary N) is 1. The summed E-state index contributed by atoms with van der Waals surface area (Å²) in [7, 11) is 0. The number of nitrogens with zero attached hydrogens (tertiary/aromatic N) is 4. The molecule has 0 aromatic carbocycles. The second kappa shape index (κ2) is 3.42. The van der Waals surface area contributed by atoms with Gasteiger partial charge in [0, 0.05) is 0 Å². The molecule has 0 radical (unpaired) electrons. The van der Waals surface area contributed by atoms with Crippen LogP contribution in [0.25, 0.3) is 27.6 Å². The predicted octanol–water partition coefficient (Wildman–Crippen LogP) is 0.869. The molecule has 3 N–H and O–H groups in total. The van der Waals surface area contributed by atoms with Crippen LogP contribution >= 0.6 is 11.3 Å². The fourth-order valence-corrected chi connectivity index (χ4v) is 2.59. The van der Waals surface area contributed by atoms with Crippen LogP contribution in [0.1, 0.15) is 0 Å². The van der Waals surface area contributed by atoms with Gasteiger partial charge in [0.1, 0.15) is 4.70 Å². The van der Waals surface area contributed by atoms with E-state index in [1.54, 1.807) is 12.1 Å². The summed E-state index contributed by atoms with van der Waals surface area (Å²) in [5.41, 5.74) is 6.70. The van der Waals surface area contributed by atoms with Gasteiger partial charge in [0.2, 0.25) is 11.8 Å². The van der Waals surface area contributed by atoms with Crippen molar-refractivity contribution in [2.75, 3.05) is 5.73 Å². The number of aromatic nitrogens is 5. The molecule has 4 aromatic rings. The second-order valence-electron chi connectivity index (χ2n) is 3.81. The van der Waals surface area contributed by atoms with Gasteiger partial charge in [-0.15, -0.1) is 5.10 Å². The third-order valence-electron chi connectivity index (χ3n) is 2.63. The van der Waals surface area contributed by atoms with Crippen molar-refractivity contribution >= 4 is 33.3 Å². The number of rotatable bonds is 1. The number of furan rings is 1. The molecule has 0 spiro atoms. The third kappa shape index (κ3) is 1.38. The smallest absolute Gasteiger partial charge is 0.306 e. The monoisotopic (exact) mass is 274 g/mol. The molecule has 0 aliphatic carbocycles. The van der Waals surface area contributed by atoms with Gasteiger partial charge in [0.05, 0.1) is 6.26 Å². The van der Waals surface area contributed by atoms with Crippen LogP contribution in [-0.2, 0) is 0 Å². The van der Waals surface area contributed by atoms with Crippen LogP contribution < -0.4 is 10.6 Å². The van der Waals surface area contributed by atoms with E-state index in [9.17, 15) is 4.79 Å². The number of fused-ring (bicyclic) bond motifs is 3. The number of anilines is 1. The Morgan fingerprint density at radius 1 is 1.42 bits per heavy atom. The molecule has 9 heteroatoms. The maximum atomic E-state index is 11.4. The summed E-state index contributed by atoms with van der Waals surface area (Å²) in [6.07, 6.45) is 1.53. The lowest BCUT2D eigenvalue weighted by molar-refractivity contribution is 0.577. The molecule has 0 saturated heterocycles. The summed E-state index contributed by atoms with van der Waals surface area (Å²) < 4.78 is 7.25. The molecule has 0 fully saturated rings. The summed E-state index contributed by atoms with van der Waals surface area (Å²) in [5, 5.41) is 4.23. The van der Waals surface area contributed by atoms with Gasteiger partial charge in [-0.2, -0.15) is 9.50 Å². The van der Waals surface area contributed by atoms with E-state index >= 15 is 0 Å². The lowest BCUT2D eigenvalue weighted by Gasteiger charge is -1.95. The number of thiazole rings is 1. The highest BCUT2D eigenvalue weighted by molar-refractivity contribution is 7.17. The maximum Gasteiger partial charge on any atom is 0.306 e. The highest BCUT2D eigenvalue weighted by atomic mass is 32.1. The van der Waals surface area contributed by atoms with Crippen molar-refractivity contribution in [1.29, 1.82) is 0 Å². The highest BCUT2D eigenvalue weighted by Gasteiger charge is 2.16. The minimum atomic E-state index is -0.211. The number of hydrogen-bond donors (Lipinski definition) is 2. The van der Waals surface area contributed by atoms with Crippen LogP contribution in [0.2, 0.25) is 0 Å². The quantitative estimate of drug-likeness (QED) is 0.532. The number of aromatic amines is 1. The van der Waals surface area contributed by atoms with E-state index in [0.717, 1.165) is 11.3 Å². The normalized spacial score (nSPS) is 11.6. The van der Waals surface area contributed by atoms with Crippen molar-refractivity contribution in [3.63, 3.8) is 0 Å². The molecule has 0 saturated carbocycles. The first kappa shape index (κ1) is 10.3.